The largest absolute Gasteiger partial charge is 0.454 e. The minimum atomic E-state index is -0.316. The van der Waals surface area contributed by atoms with Crippen molar-refractivity contribution in [1.82, 2.24) is 5.32 Å². The molecule has 0 bridgehead atoms. The number of amides is 2. The van der Waals surface area contributed by atoms with E-state index in [9.17, 15) is 9.59 Å². The Morgan fingerprint density at radius 2 is 1.86 bits per heavy atom. The average Bonchev–Trinajstić information content (AvgIpc) is 3.32. The number of hydrogen-bond acceptors (Lipinski definition) is 5. The van der Waals surface area contributed by atoms with Crippen molar-refractivity contribution in [2.45, 2.75) is 13.5 Å². The third-order valence-electron chi connectivity index (χ3n) is 4.37. The maximum absolute atomic E-state index is 12.6. The van der Waals surface area contributed by atoms with Crippen molar-refractivity contribution in [2.24, 2.45) is 0 Å². The van der Waals surface area contributed by atoms with Gasteiger partial charge in [-0.25, -0.2) is 0 Å². The van der Waals surface area contributed by atoms with E-state index in [-0.39, 0.29) is 18.6 Å². The predicted molar refractivity (Wildman–Crippen MR) is 112 cm³/mol. The number of ether oxygens (including phenoxy) is 2. The number of anilines is 1. The highest BCUT2D eigenvalue weighted by Gasteiger charge is 2.17. The molecule has 2 aromatic carbocycles. The number of nitrogens with one attached hydrogen (secondary N) is 2. The van der Waals surface area contributed by atoms with Crippen LogP contribution in [0.4, 0.5) is 5.00 Å². The van der Waals surface area contributed by atoms with Crippen LogP contribution in [-0.4, -0.2) is 18.6 Å². The van der Waals surface area contributed by atoms with Crippen LogP contribution in [-0.2, 0) is 6.54 Å². The molecule has 0 saturated carbocycles. The van der Waals surface area contributed by atoms with Gasteiger partial charge in [-0.2, -0.15) is 0 Å². The molecule has 0 aliphatic carbocycles. The van der Waals surface area contributed by atoms with Crippen LogP contribution in [0.3, 0.4) is 0 Å². The molecule has 2 heterocycles. The van der Waals surface area contributed by atoms with Crippen LogP contribution in [0.2, 0.25) is 5.02 Å². The van der Waals surface area contributed by atoms with Crippen molar-refractivity contribution in [1.29, 1.82) is 0 Å². The van der Waals surface area contributed by atoms with E-state index in [0.717, 1.165) is 11.1 Å². The second-order valence-electron chi connectivity index (χ2n) is 6.43. The first-order chi connectivity index (χ1) is 14.0. The number of hydrogen-bond donors (Lipinski definition) is 2. The molecule has 0 radical (unpaired) electrons. The maximum atomic E-state index is 12.6. The third-order valence-corrected chi connectivity index (χ3v) is 5.85. The Bertz CT molecular complexity index is 1100. The summed E-state index contributed by atoms with van der Waals surface area (Å²) < 4.78 is 10.6. The second kappa shape index (κ2) is 8.14. The fourth-order valence-corrected chi connectivity index (χ4v) is 4.11. The number of rotatable bonds is 5. The molecule has 1 aliphatic rings. The van der Waals surface area contributed by atoms with Crippen molar-refractivity contribution >= 4 is 39.8 Å². The zero-order valence-electron chi connectivity index (χ0n) is 15.5. The van der Waals surface area contributed by atoms with Gasteiger partial charge in [0.15, 0.2) is 11.5 Å². The number of benzene rings is 2. The molecule has 1 aliphatic heterocycles. The second-order valence-corrected chi connectivity index (χ2v) is 7.89. The van der Waals surface area contributed by atoms with Gasteiger partial charge in [-0.15, -0.1) is 11.3 Å². The number of fused-ring (bicyclic) bond motifs is 1. The lowest BCUT2D eigenvalue weighted by Gasteiger charge is -2.06. The van der Waals surface area contributed by atoms with E-state index in [1.54, 1.807) is 30.3 Å². The Hall–Kier alpha value is -3.03. The normalized spacial score (nSPS) is 11.9. The zero-order chi connectivity index (χ0) is 20.4. The van der Waals surface area contributed by atoms with Gasteiger partial charge in [0, 0.05) is 6.54 Å². The van der Waals surface area contributed by atoms with E-state index in [4.69, 9.17) is 21.1 Å². The zero-order valence-corrected chi connectivity index (χ0v) is 17.0. The summed E-state index contributed by atoms with van der Waals surface area (Å²) in [7, 11) is 0. The molecule has 4 rings (SSSR count). The van der Waals surface area contributed by atoms with Crippen molar-refractivity contribution in [2.75, 3.05) is 12.1 Å². The topological polar surface area (TPSA) is 76.7 Å². The quantitative estimate of drug-likeness (QED) is 0.621. The molecule has 0 spiro atoms. The lowest BCUT2D eigenvalue weighted by molar-refractivity contribution is 0.0953. The molecule has 0 atom stereocenters. The van der Waals surface area contributed by atoms with Gasteiger partial charge < -0.3 is 20.1 Å². The van der Waals surface area contributed by atoms with Crippen LogP contribution in [0, 0.1) is 6.92 Å². The fourth-order valence-electron chi connectivity index (χ4n) is 2.91. The lowest BCUT2D eigenvalue weighted by atomic mass is 10.2. The van der Waals surface area contributed by atoms with Gasteiger partial charge in [0.2, 0.25) is 6.79 Å². The summed E-state index contributed by atoms with van der Waals surface area (Å²) in [6.07, 6.45) is 0. The standard InChI is InChI=1S/C21H17ClN2O4S/c1-12-8-18(24-20(25)14-4-2-3-5-15(14)22)29-19(12)21(26)23-10-13-6-7-16-17(9-13)28-11-27-16/h2-9H,10-11H2,1H3,(H,23,26)(H,24,25). The number of aryl methyl sites for hydroxylation is 1. The Kier molecular flexibility index (Phi) is 5.42. The van der Waals surface area contributed by atoms with Crippen molar-refractivity contribution in [3.05, 3.63) is 75.1 Å². The summed E-state index contributed by atoms with van der Waals surface area (Å²) in [6, 6.07) is 14.1. The lowest BCUT2D eigenvalue weighted by Crippen LogP contribution is -2.22. The number of halogens is 1. The smallest absolute Gasteiger partial charge is 0.261 e. The summed E-state index contributed by atoms with van der Waals surface area (Å²) in [5, 5.41) is 6.66. The minimum absolute atomic E-state index is 0.205. The van der Waals surface area contributed by atoms with Gasteiger partial charge in [0.25, 0.3) is 11.8 Å². The Morgan fingerprint density at radius 1 is 1.07 bits per heavy atom. The third kappa shape index (κ3) is 4.21. The minimum Gasteiger partial charge on any atom is -0.454 e. The van der Waals surface area contributed by atoms with E-state index in [2.05, 4.69) is 10.6 Å². The average molecular weight is 429 g/mol. The van der Waals surface area contributed by atoms with Crippen LogP contribution in [0.25, 0.3) is 0 Å². The van der Waals surface area contributed by atoms with Crippen LogP contribution < -0.4 is 20.1 Å². The highest BCUT2D eigenvalue weighted by molar-refractivity contribution is 7.18. The maximum Gasteiger partial charge on any atom is 0.261 e. The molecule has 148 valence electrons. The fraction of sp³-hybridized carbons (Fsp3) is 0.143. The van der Waals surface area contributed by atoms with Gasteiger partial charge in [0.05, 0.1) is 20.5 Å². The van der Waals surface area contributed by atoms with Crippen LogP contribution in [0.15, 0.2) is 48.5 Å². The number of carbonyl (C=O) groups excluding carboxylic acids is 2. The molecule has 8 heteroatoms. The highest BCUT2D eigenvalue weighted by atomic mass is 35.5. The summed E-state index contributed by atoms with van der Waals surface area (Å²) in [5.41, 5.74) is 2.07. The Morgan fingerprint density at radius 3 is 2.69 bits per heavy atom. The molecule has 1 aromatic heterocycles. The van der Waals surface area contributed by atoms with Crippen molar-refractivity contribution in [3.63, 3.8) is 0 Å². The van der Waals surface area contributed by atoms with E-state index in [0.29, 0.717) is 38.5 Å². The Balaban J connectivity index is 1.41. The highest BCUT2D eigenvalue weighted by Crippen LogP contribution is 2.32. The molecule has 6 nitrogen and oxygen atoms in total. The van der Waals surface area contributed by atoms with E-state index >= 15 is 0 Å². The van der Waals surface area contributed by atoms with Gasteiger partial charge in [-0.05, 0) is 48.4 Å². The SMILES string of the molecule is Cc1cc(NC(=O)c2ccccc2Cl)sc1C(=O)NCc1ccc2c(c1)OCO2. The van der Waals surface area contributed by atoms with Crippen LogP contribution >= 0.6 is 22.9 Å². The molecular formula is C21H17ClN2O4S. The summed E-state index contributed by atoms with van der Waals surface area (Å²) in [6.45, 7) is 2.40. The molecule has 0 saturated heterocycles. The molecule has 3 aromatic rings. The summed E-state index contributed by atoms with van der Waals surface area (Å²) in [5.74, 6) is 0.856. The first-order valence-corrected chi connectivity index (χ1v) is 10.0. The molecule has 29 heavy (non-hydrogen) atoms. The molecule has 2 N–H and O–H groups in total. The Labute approximate surface area is 176 Å². The number of thiophene rings is 1. The number of carbonyl (C=O) groups is 2. The van der Waals surface area contributed by atoms with Crippen molar-refractivity contribution < 1.29 is 19.1 Å². The van der Waals surface area contributed by atoms with E-state index in [1.807, 2.05) is 25.1 Å². The van der Waals surface area contributed by atoms with Gasteiger partial charge in [-0.3, -0.25) is 9.59 Å². The molecule has 0 fully saturated rings. The first kappa shape index (κ1) is 19.3. The van der Waals surface area contributed by atoms with E-state index in [1.165, 1.54) is 11.3 Å². The van der Waals surface area contributed by atoms with Gasteiger partial charge in [0.1, 0.15) is 0 Å². The molecule has 2 amide bonds. The predicted octanol–water partition coefficient (Wildman–Crippen LogP) is 4.62. The monoisotopic (exact) mass is 428 g/mol. The molecular weight excluding hydrogens is 412 g/mol. The van der Waals surface area contributed by atoms with Crippen LogP contribution in [0.1, 0.15) is 31.2 Å². The first-order valence-electron chi connectivity index (χ1n) is 8.84. The summed E-state index contributed by atoms with van der Waals surface area (Å²) >= 11 is 7.29. The summed E-state index contributed by atoms with van der Waals surface area (Å²) in [4.78, 5) is 25.6. The van der Waals surface area contributed by atoms with Gasteiger partial charge in [-0.1, -0.05) is 29.8 Å². The van der Waals surface area contributed by atoms with Crippen LogP contribution in [0.5, 0.6) is 11.5 Å². The molecule has 0 unspecified atom stereocenters. The van der Waals surface area contributed by atoms with Crippen molar-refractivity contribution in [3.8, 4) is 11.5 Å². The van der Waals surface area contributed by atoms with Gasteiger partial charge >= 0.3 is 0 Å². The van der Waals surface area contributed by atoms with E-state index < -0.39 is 0 Å².